The van der Waals surface area contributed by atoms with Crippen molar-refractivity contribution in [2.75, 3.05) is 26.2 Å². The fourth-order valence-corrected chi connectivity index (χ4v) is 2.85. The van der Waals surface area contributed by atoms with Crippen molar-refractivity contribution in [1.82, 2.24) is 15.5 Å². The van der Waals surface area contributed by atoms with E-state index in [9.17, 15) is 9.59 Å². The Morgan fingerprint density at radius 1 is 1.32 bits per heavy atom. The van der Waals surface area contributed by atoms with Crippen LogP contribution in [0.15, 0.2) is 0 Å². The molecule has 2 amide bonds. The molecule has 0 aromatic heterocycles. The molecule has 2 heterocycles. The van der Waals surface area contributed by atoms with Crippen molar-refractivity contribution in [2.24, 2.45) is 5.92 Å². The molecule has 0 radical (unpaired) electrons. The summed E-state index contributed by atoms with van der Waals surface area (Å²) in [5.41, 5.74) is 0. The Labute approximate surface area is 115 Å². The summed E-state index contributed by atoms with van der Waals surface area (Å²) in [5, 5.41) is 6.11. The SMILES string of the molecule is CC1CCNC(C(=O)NCCC(=O)N2CCCC2)C1. The minimum atomic E-state index is -0.0781. The van der Waals surface area contributed by atoms with Gasteiger partial charge in [-0.1, -0.05) is 6.92 Å². The molecule has 19 heavy (non-hydrogen) atoms. The summed E-state index contributed by atoms with van der Waals surface area (Å²) in [6.07, 6.45) is 4.68. The van der Waals surface area contributed by atoms with Crippen molar-refractivity contribution in [3.8, 4) is 0 Å². The Kier molecular flexibility index (Phi) is 5.19. The molecular weight excluding hydrogens is 242 g/mol. The molecule has 0 bridgehead atoms. The molecule has 2 unspecified atom stereocenters. The van der Waals surface area contributed by atoms with Crippen LogP contribution in [0.1, 0.15) is 39.0 Å². The Bertz CT molecular complexity index is 327. The molecule has 0 spiro atoms. The van der Waals surface area contributed by atoms with Crippen LogP contribution in [0, 0.1) is 5.92 Å². The lowest BCUT2D eigenvalue weighted by Gasteiger charge is -2.27. The first-order chi connectivity index (χ1) is 9.16. The molecule has 5 nitrogen and oxygen atoms in total. The summed E-state index contributed by atoms with van der Waals surface area (Å²) < 4.78 is 0. The van der Waals surface area contributed by atoms with Gasteiger partial charge in [0.05, 0.1) is 6.04 Å². The van der Waals surface area contributed by atoms with E-state index in [0.29, 0.717) is 18.9 Å². The summed E-state index contributed by atoms with van der Waals surface area (Å²) in [5.74, 6) is 0.812. The van der Waals surface area contributed by atoms with Gasteiger partial charge in [-0.05, 0) is 38.1 Å². The van der Waals surface area contributed by atoms with Crippen LogP contribution in [0.2, 0.25) is 0 Å². The second-order valence-corrected chi connectivity index (χ2v) is 5.77. The molecule has 0 aromatic carbocycles. The third kappa shape index (κ3) is 4.20. The van der Waals surface area contributed by atoms with Crippen LogP contribution in [0.25, 0.3) is 0 Å². The van der Waals surface area contributed by atoms with Crippen LogP contribution in [-0.4, -0.2) is 48.9 Å². The number of carbonyl (C=O) groups excluding carboxylic acids is 2. The van der Waals surface area contributed by atoms with Gasteiger partial charge < -0.3 is 15.5 Å². The minimum absolute atomic E-state index is 0.0424. The predicted octanol–water partition coefficient (Wildman–Crippen LogP) is 0.503. The van der Waals surface area contributed by atoms with Crippen LogP contribution >= 0.6 is 0 Å². The van der Waals surface area contributed by atoms with Crippen LogP contribution < -0.4 is 10.6 Å². The number of likely N-dealkylation sites (tertiary alicyclic amines) is 1. The number of piperidine rings is 1. The van der Waals surface area contributed by atoms with Gasteiger partial charge in [-0.15, -0.1) is 0 Å². The van der Waals surface area contributed by atoms with Gasteiger partial charge in [-0.2, -0.15) is 0 Å². The summed E-state index contributed by atoms with van der Waals surface area (Å²) >= 11 is 0. The van der Waals surface area contributed by atoms with Crippen LogP contribution in [0.3, 0.4) is 0 Å². The van der Waals surface area contributed by atoms with E-state index < -0.39 is 0 Å². The van der Waals surface area contributed by atoms with Gasteiger partial charge in [0.25, 0.3) is 0 Å². The zero-order chi connectivity index (χ0) is 13.7. The fourth-order valence-electron chi connectivity index (χ4n) is 2.85. The first-order valence-corrected chi connectivity index (χ1v) is 7.45. The number of nitrogens with one attached hydrogen (secondary N) is 2. The fraction of sp³-hybridized carbons (Fsp3) is 0.857. The monoisotopic (exact) mass is 267 g/mol. The smallest absolute Gasteiger partial charge is 0.237 e. The topological polar surface area (TPSA) is 61.4 Å². The maximum atomic E-state index is 11.9. The highest BCUT2D eigenvalue weighted by molar-refractivity contribution is 5.83. The molecule has 2 N–H and O–H groups in total. The Balaban J connectivity index is 1.64. The van der Waals surface area contributed by atoms with Crippen LogP contribution in [0.4, 0.5) is 0 Å². The summed E-state index contributed by atoms with van der Waals surface area (Å²) in [7, 11) is 0. The van der Waals surface area contributed by atoms with Gasteiger partial charge in [0, 0.05) is 26.1 Å². The number of amides is 2. The van der Waals surface area contributed by atoms with Gasteiger partial charge in [0.2, 0.25) is 11.8 Å². The van der Waals surface area contributed by atoms with E-state index in [1.165, 1.54) is 0 Å². The van der Waals surface area contributed by atoms with Crippen LogP contribution in [0.5, 0.6) is 0 Å². The van der Waals surface area contributed by atoms with E-state index in [1.807, 2.05) is 4.90 Å². The van der Waals surface area contributed by atoms with Crippen LogP contribution in [-0.2, 0) is 9.59 Å². The average molecular weight is 267 g/mol. The van der Waals surface area contributed by atoms with Gasteiger partial charge in [0.15, 0.2) is 0 Å². The molecule has 5 heteroatoms. The molecule has 2 fully saturated rings. The number of rotatable bonds is 4. The van der Waals surface area contributed by atoms with Crippen molar-refractivity contribution in [3.63, 3.8) is 0 Å². The maximum absolute atomic E-state index is 11.9. The normalized spacial score (nSPS) is 27.3. The van der Waals surface area contributed by atoms with E-state index in [1.54, 1.807) is 0 Å². The van der Waals surface area contributed by atoms with Gasteiger partial charge in [-0.3, -0.25) is 9.59 Å². The van der Waals surface area contributed by atoms with Crippen molar-refractivity contribution in [1.29, 1.82) is 0 Å². The first-order valence-electron chi connectivity index (χ1n) is 7.45. The summed E-state index contributed by atoms with van der Waals surface area (Å²) in [4.78, 5) is 25.7. The quantitative estimate of drug-likeness (QED) is 0.780. The van der Waals surface area contributed by atoms with Crippen molar-refractivity contribution in [3.05, 3.63) is 0 Å². The van der Waals surface area contributed by atoms with E-state index in [2.05, 4.69) is 17.6 Å². The molecule has 2 atom stereocenters. The number of hydrogen-bond donors (Lipinski definition) is 2. The second kappa shape index (κ2) is 6.89. The summed E-state index contributed by atoms with van der Waals surface area (Å²) in [6.45, 7) is 5.31. The van der Waals surface area contributed by atoms with Gasteiger partial charge in [0.1, 0.15) is 0 Å². The average Bonchev–Trinajstić information content (AvgIpc) is 2.92. The van der Waals surface area contributed by atoms with Crippen molar-refractivity contribution in [2.45, 2.75) is 45.1 Å². The first kappa shape index (κ1) is 14.3. The third-order valence-electron chi connectivity index (χ3n) is 4.08. The number of hydrogen-bond acceptors (Lipinski definition) is 3. The van der Waals surface area contributed by atoms with Gasteiger partial charge >= 0.3 is 0 Å². The Morgan fingerprint density at radius 2 is 2.05 bits per heavy atom. The van der Waals surface area contributed by atoms with Crippen molar-refractivity contribution < 1.29 is 9.59 Å². The third-order valence-corrected chi connectivity index (χ3v) is 4.08. The highest BCUT2D eigenvalue weighted by Crippen LogP contribution is 2.15. The molecule has 108 valence electrons. The molecule has 2 aliphatic rings. The molecule has 0 saturated carbocycles. The molecular formula is C14H25N3O2. The lowest BCUT2D eigenvalue weighted by atomic mass is 9.94. The summed E-state index contributed by atoms with van der Waals surface area (Å²) in [6, 6.07) is -0.0781. The van der Waals surface area contributed by atoms with E-state index in [0.717, 1.165) is 45.3 Å². The minimum Gasteiger partial charge on any atom is -0.354 e. The molecule has 0 aromatic rings. The van der Waals surface area contributed by atoms with Gasteiger partial charge in [-0.25, -0.2) is 0 Å². The molecule has 2 aliphatic heterocycles. The molecule has 2 saturated heterocycles. The standard InChI is InChI=1S/C14H25N3O2/c1-11-4-6-15-12(10-11)14(19)16-7-5-13(18)17-8-2-3-9-17/h11-12,15H,2-10H2,1H3,(H,16,19). The molecule has 0 aliphatic carbocycles. The Morgan fingerprint density at radius 3 is 2.74 bits per heavy atom. The predicted molar refractivity (Wildman–Crippen MR) is 73.6 cm³/mol. The number of carbonyl (C=O) groups is 2. The lowest BCUT2D eigenvalue weighted by Crippen LogP contribution is -2.48. The zero-order valence-corrected chi connectivity index (χ0v) is 11.8. The Hall–Kier alpha value is -1.10. The highest BCUT2D eigenvalue weighted by Gasteiger charge is 2.24. The van der Waals surface area contributed by atoms with E-state index in [4.69, 9.17) is 0 Å². The number of nitrogens with zero attached hydrogens (tertiary/aromatic N) is 1. The maximum Gasteiger partial charge on any atom is 0.237 e. The molecule has 2 rings (SSSR count). The van der Waals surface area contributed by atoms with E-state index >= 15 is 0 Å². The van der Waals surface area contributed by atoms with Crippen molar-refractivity contribution >= 4 is 11.8 Å². The van der Waals surface area contributed by atoms with E-state index in [-0.39, 0.29) is 17.9 Å². The largest absolute Gasteiger partial charge is 0.354 e. The highest BCUT2D eigenvalue weighted by atomic mass is 16.2. The second-order valence-electron chi connectivity index (χ2n) is 5.77. The lowest BCUT2D eigenvalue weighted by molar-refractivity contribution is -0.130. The zero-order valence-electron chi connectivity index (χ0n) is 11.8.